The standard InChI is InChI=1S/C31H31N3O3S2/c1-7-37-30(36)27-20(4)32-31-34(28(27)22-11-13-25(38-6)14-12-22)29(35)26(39-31)17-23-16-19(3)33(21(23)5)24-10-8-9-18(2)15-24/h8-17,28H,7H2,1-6H3/b26-17+/t28-/m0/s1. The average molecular weight is 558 g/mol. The number of rotatable bonds is 6. The van der Waals surface area contributed by atoms with Crippen LogP contribution in [0.2, 0.25) is 0 Å². The van der Waals surface area contributed by atoms with Gasteiger partial charge in [-0.25, -0.2) is 9.79 Å². The Balaban J connectivity index is 1.69. The number of carbonyl (C=O) groups is 1. The van der Waals surface area contributed by atoms with Crippen molar-refractivity contribution < 1.29 is 9.53 Å². The highest BCUT2D eigenvalue weighted by Crippen LogP contribution is 2.32. The third-order valence-electron chi connectivity index (χ3n) is 6.97. The van der Waals surface area contributed by atoms with Crippen molar-refractivity contribution in [3.05, 3.63) is 114 Å². The van der Waals surface area contributed by atoms with E-state index in [0.29, 0.717) is 20.6 Å². The van der Waals surface area contributed by atoms with Crippen molar-refractivity contribution >= 4 is 35.1 Å². The van der Waals surface area contributed by atoms with Crippen LogP contribution in [0.25, 0.3) is 11.8 Å². The molecule has 39 heavy (non-hydrogen) atoms. The first kappa shape index (κ1) is 27.0. The molecule has 4 aromatic rings. The van der Waals surface area contributed by atoms with Crippen LogP contribution in [0.5, 0.6) is 0 Å². The molecule has 0 saturated carbocycles. The predicted octanol–water partition coefficient (Wildman–Crippen LogP) is 5.24. The van der Waals surface area contributed by atoms with Crippen molar-refractivity contribution in [3.8, 4) is 5.69 Å². The van der Waals surface area contributed by atoms with Gasteiger partial charge in [0.1, 0.15) is 0 Å². The SMILES string of the molecule is CCOC(=O)C1=C(C)N=c2s/c(=C/c3cc(C)n(-c4cccc(C)c4)c3C)c(=O)n2[C@H]1c1ccc(SC)cc1. The Morgan fingerprint density at radius 2 is 1.85 bits per heavy atom. The predicted molar refractivity (Wildman–Crippen MR) is 159 cm³/mol. The Labute approximate surface area is 236 Å². The highest BCUT2D eigenvalue weighted by Gasteiger charge is 2.33. The van der Waals surface area contributed by atoms with Gasteiger partial charge in [-0.05, 0) is 94.0 Å². The summed E-state index contributed by atoms with van der Waals surface area (Å²) >= 11 is 2.99. The number of benzene rings is 2. The number of aryl methyl sites for hydroxylation is 2. The summed E-state index contributed by atoms with van der Waals surface area (Å²) < 4.78 is 9.82. The zero-order valence-corrected chi connectivity index (χ0v) is 24.6. The number of thiazole rings is 1. The van der Waals surface area contributed by atoms with E-state index in [1.807, 2.05) is 43.5 Å². The van der Waals surface area contributed by atoms with Gasteiger partial charge in [-0.3, -0.25) is 9.36 Å². The molecule has 1 aliphatic rings. The molecule has 0 radical (unpaired) electrons. The second kappa shape index (κ2) is 10.9. The van der Waals surface area contributed by atoms with Crippen molar-refractivity contribution in [2.45, 2.75) is 45.6 Å². The number of carbonyl (C=O) groups excluding carboxylic acids is 1. The highest BCUT2D eigenvalue weighted by molar-refractivity contribution is 7.98. The third kappa shape index (κ3) is 4.94. The van der Waals surface area contributed by atoms with Crippen LogP contribution in [-0.4, -0.2) is 28.0 Å². The topological polar surface area (TPSA) is 65.6 Å². The zero-order chi connectivity index (χ0) is 27.8. The number of fused-ring (bicyclic) bond motifs is 1. The van der Waals surface area contributed by atoms with Crippen LogP contribution in [0.1, 0.15) is 48.0 Å². The molecule has 0 unspecified atom stereocenters. The minimum Gasteiger partial charge on any atom is -0.463 e. The van der Waals surface area contributed by atoms with Crippen LogP contribution < -0.4 is 14.9 Å². The summed E-state index contributed by atoms with van der Waals surface area (Å²) in [5.41, 5.74) is 7.02. The fourth-order valence-corrected chi connectivity index (χ4v) is 6.58. The molecular weight excluding hydrogens is 526 g/mol. The lowest BCUT2D eigenvalue weighted by Gasteiger charge is -2.24. The van der Waals surface area contributed by atoms with Crippen molar-refractivity contribution in [1.82, 2.24) is 9.13 Å². The summed E-state index contributed by atoms with van der Waals surface area (Å²) in [7, 11) is 0. The Hall–Kier alpha value is -3.62. The Morgan fingerprint density at radius 1 is 1.10 bits per heavy atom. The van der Waals surface area contributed by atoms with Gasteiger partial charge in [0.2, 0.25) is 0 Å². The maximum Gasteiger partial charge on any atom is 0.338 e. The number of aromatic nitrogens is 2. The molecule has 3 heterocycles. The largest absolute Gasteiger partial charge is 0.463 e. The molecule has 8 heteroatoms. The number of hydrogen-bond acceptors (Lipinski definition) is 6. The number of nitrogens with zero attached hydrogens (tertiary/aromatic N) is 3. The van der Waals surface area contributed by atoms with Crippen LogP contribution in [0, 0.1) is 20.8 Å². The van der Waals surface area contributed by atoms with E-state index in [1.165, 1.54) is 16.9 Å². The smallest absolute Gasteiger partial charge is 0.338 e. The van der Waals surface area contributed by atoms with Gasteiger partial charge in [-0.1, -0.05) is 35.6 Å². The first-order valence-electron chi connectivity index (χ1n) is 12.8. The minimum atomic E-state index is -0.613. The maximum atomic E-state index is 14.0. The fourth-order valence-electron chi connectivity index (χ4n) is 5.13. The molecule has 0 saturated heterocycles. The monoisotopic (exact) mass is 557 g/mol. The van der Waals surface area contributed by atoms with Crippen LogP contribution in [0.15, 0.2) is 80.5 Å². The minimum absolute atomic E-state index is 0.174. The number of allylic oxidation sites excluding steroid dienone is 1. The second-order valence-corrected chi connectivity index (χ2v) is 11.5. The number of esters is 1. The lowest BCUT2D eigenvalue weighted by molar-refractivity contribution is -0.139. The quantitative estimate of drug-likeness (QED) is 0.240. The number of hydrogen-bond donors (Lipinski definition) is 0. The van der Waals surface area contributed by atoms with Crippen LogP contribution >= 0.6 is 23.1 Å². The van der Waals surface area contributed by atoms with Crippen molar-refractivity contribution in [3.63, 3.8) is 0 Å². The highest BCUT2D eigenvalue weighted by atomic mass is 32.2. The van der Waals surface area contributed by atoms with Gasteiger partial charge in [0.15, 0.2) is 4.80 Å². The summed E-state index contributed by atoms with van der Waals surface area (Å²) in [5.74, 6) is -0.450. The van der Waals surface area contributed by atoms with Gasteiger partial charge in [0, 0.05) is 22.0 Å². The molecule has 0 fully saturated rings. The van der Waals surface area contributed by atoms with Gasteiger partial charge in [-0.2, -0.15) is 0 Å². The summed E-state index contributed by atoms with van der Waals surface area (Å²) in [6.45, 7) is 10.0. The van der Waals surface area contributed by atoms with E-state index in [0.717, 1.165) is 33.1 Å². The number of ether oxygens (including phenoxy) is 1. The molecule has 0 aliphatic carbocycles. The molecule has 2 aromatic heterocycles. The third-order valence-corrected chi connectivity index (χ3v) is 8.69. The molecule has 1 atom stereocenters. The molecule has 6 nitrogen and oxygen atoms in total. The summed E-state index contributed by atoms with van der Waals surface area (Å²) in [4.78, 5) is 33.5. The summed E-state index contributed by atoms with van der Waals surface area (Å²) in [5, 5.41) is 0. The van der Waals surface area contributed by atoms with Crippen molar-refractivity contribution in [2.75, 3.05) is 12.9 Å². The van der Waals surface area contributed by atoms with E-state index in [2.05, 4.69) is 55.7 Å². The molecule has 2 aromatic carbocycles. The van der Waals surface area contributed by atoms with E-state index in [4.69, 9.17) is 9.73 Å². The molecule has 0 bridgehead atoms. The number of thioether (sulfide) groups is 1. The van der Waals surface area contributed by atoms with Crippen molar-refractivity contribution in [2.24, 2.45) is 4.99 Å². The van der Waals surface area contributed by atoms with Gasteiger partial charge in [0.25, 0.3) is 5.56 Å². The zero-order valence-electron chi connectivity index (χ0n) is 22.9. The Bertz CT molecular complexity index is 1790. The van der Waals surface area contributed by atoms with Gasteiger partial charge in [0.05, 0.1) is 28.5 Å². The summed E-state index contributed by atoms with van der Waals surface area (Å²) in [6.07, 6.45) is 3.96. The first-order valence-corrected chi connectivity index (χ1v) is 14.9. The average Bonchev–Trinajstić information content (AvgIpc) is 3.37. The van der Waals surface area contributed by atoms with E-state index in [-0.39, 0.29) is 12.2 Å². The van der Waals surface area contributed by atoms with Crippen LogP contribution in [0.3, 0.4) is 0 Å². The van der Waals surface area contributed by atoms with E-state index in [1.54, 1.807) is 23.3 Å². The van der Waals surface area contributed by atoms with Crippen molar-refractivity contribution in [1.29, 1.82) is 0 Å². The lowest BCUT2D eigenvalue weighted by atomic mass is 9.96. The Morgan fingerprint density at radius 3 is 2.51 bits per heavy atom. The van der Waals surface area contributed by atoms with E-state index >= 15 is 0 Å². The molecule has 0 amide bonds. The molecule has 0 spiro atoms. The van der Waals surface area contributed by atoms with E-state index < -0.39 is 12.0 Å². The summed E-state index contributed by atoms with van der Waals surface area (Å²) in [6, 6.07) is 17.8. The molecule has 200 valence electrons. The molecular formula is C31H31N3O3S2. The first-order chi connectivity index (χ1) is 18.7. The lowest BCUT2D eigenvalue weighted by Crippen LogP contribution is -2.39. The maximum absolute atomic E-state index is 14.0. The molecule has 0 N–H and O–H groups in total. The van der Waals surface area contributed by atoms with Gasteiger partial charge in [-0.15, -0.1) is 11.8 Å². The van der Waals surface area contributed by atoms with Crippen LogP contribution in [-0.2, 0) is 9.53 Å². The van der Waals surface area contributed by atoms with Gasteiger partial charge >= 0.3 is 5.97 Å². The van der Waals surface area contributed by atoms with E-state index in [9.17, 15) is 9.59 Å². The Kier molecular flexibility index (Phi) is 7.51. The second-order valence-electron chi connectivity index (χ2n) is 9.58. The fraction of sp³-hybridized carbons (Fsp3) is 0.258. The molecule has 1 aliphatic heterocycles. The van der Waals surface area contributed by atoms with Crippen LogP contribution in [0.4, 0.5) is 0 Å². The normalized spacial score (nSPS) is 15.3. The van der Waals surface area contributed by atoms with Gasteiger partial charge < -0.3 is 9.30 Å². The molecule has 5 rings (SSSR count).